The lowest BCUT2D eigenvalue weighted by Crippen LogP contribution is -2.71. The largest absolute Gasteiger partial charge is 0.444 e. The normalized spacial score (nSPS) is 14.3. The Morgan fingerprint density at radius 3 is 1.83 bits per heavy atom. The zero-order chi connectivity index (χ0) is 23.8. The molecule has 0 aliphatic carbocycles. The van der Waals surface area contributed by atoms with Gasteiger partial charge in [0, 0.05) is 18.4 Å². The van der Waals surface area contributed by atoms with Crippen LogP contribution in [0, 0.1) is 5.41 Å². The van der Waals surface area contributed by atoms with Gasteiger partial charge in [-0.15, -0.1) is 0 Å². The van der Waals surface area contributed by atoms with Gasteiger partial charge in [-0.3, -0.25) is 15.0 Å². The van der Waals surface area contributed by atoms with Gasteiger partial charge in [0.2, 0.25) is 0 Å². The number of carbonyl (C=O) groups is 4. The van der Waals surface area contributed by atoms with Crippen LogP contribution in [0.25, 0.3) is 0 Å². The molecule has 1 atom stereocenters. The summed E-state index contributed by atoms with van der Waals surface area (Å²) in [5, 5.41) is 2.66. The lowest BCUT2D eigenvalue weighted by molar-refractivity contribution is -0.131. The number of ether oxygens (including phenoxy) is 2. The number of unbranched alkanes of at least 4 members (excludes halogenated alkanes) is 2. The maximum absolute atomic E-state index is 13.1. The number of hydrogen-bond acceptors (Lipinski definition) is 6. The van der Waals surface area contributed by atoms with E-state index in [-0.39, 0.29) is 6.54 Å². The molecule has 1 N–H and O–H groups in total. The Labute approximate surface area is 181 Å². The molecular weight excluding hydrogens is 388 g/mol. The van der Waals surface area contributed by atoms with Gasteiger partial charge in [-0.1, -0.05) is 20.8 Å². The summed E-state index contributed by atoms with van der Waals surface area (Å²) < 4.78 is 10.9. The minimum Gasteiger partial charge on any atom is -0.444 e. The van der Waals surface area contributed by atoms with Crippen molar-refractivity contribution in [1.82, 2.24) is 10.2 Å². The van der Waals surface area contributed by atoms with E-state index in [1.165, 1.54) is 4.90 Å². The fourth-order valence-electron chi connectivity index (χ4n) is 2.81. The van der Waals surface area contributed by atoms with Crippen molar-refractivity contribution in [2.45, 2.75) is 105 Å². The highest BCUT2D eigenvalue weighted by Crippen LogP contribution is 2.37. The number of aldehydes is 2. The van der Waals surface area contributed by atoms with Gasteiger partial charge in [0.05, 0.1) is 0 Å². The average molecular weight is 429 g/mol. The van der Waals surface area contributed by atoms with Crippen LogP contribution in [0.15, 0.2) is 0 Å². The van der Waals surface area contributed by atoms with E-state index in [0.717, 1.165) is 6.29 Å². The summed E-state index contributed by atoms with van der Waals surface area (Å²) in [6, 6.07) is 0. The highest BCUT2D eigenvalue weighted by atomic mass is 16.6. The van der Waals surface area contributed by atoms with E-state index in [4.69, 9.17) is 9.47 Å². The predicted octanol–water partition coefficient (Wildman–Crippen LogP) is 4.45. The predicted molar refractivity (Wildman–Crippen MR) is 115 cm³/mol. The van der Waals surface area contributed by atoms with E-state index in [1.54, 1.807) is 55.4 Å². The average Bonchev–Trinajstić information content (AvgIpc) is 2.56. The van der Waals surface area contributed by atoms with Crippen LogP contribution in [0.3, 0.4) is 0 Å². The molecule has 0 aromatic rings. The van der Waals surface area contributed by atoms with Crippen molar-refractivity contribution in [1.29, 1.82) is 0 Å². The smallest absolute Gasteiger partial charge is 0.412 e. The molecule has 0 aromatic carbocycles. The van der Waals surface area contributed by atoms with Crippen molar-refractivity contribution < 1.29 is 28.7 Å². The first-order chi connectivity index (χ1) is 13.5. The van der Waals surface area contributed by atoms with Gasteiger partial charge in [-0.05, 0) is 60.8 Å². The third-order valence-electron chi connectivity index (χ3n) is 4.77. The Morgan fingerprint density at radius 2 is 1.43 bits per heavy atom. The molecule has 0 aliphatic heterocycles. The lowest BCUT2D eigenvalue weighted by Gasteiger charge is -2.49. The summed E-state index contributed by atoms with van der Waals surface area (Å²) in [4.78, 5) is 50.3. The van der Waals surface area contributed by atoms with Crippen LogP contribution in [-0.4, -0.2) is 53.1 Å². The Bertz CT molecular complexity index is 604. The number of amides is 2. The molecule has 0 aromatic heterocycles. The number of rotatable bonds is 10. The second-order valence-corrected chi connectivity index (χ2v) is 10.0. The van der Waals surface area contributed by atoms with Crippen LogP contribution in [0.1, 0.15) is 88.0 Å². The number of alkyl carbamates (subject to hydrolysis) is 1. The topological polar surface area (TPSA) is 102 Å². The highest BCUT2D eigenvalue weighted by Gasteiger charge is 2.53. The van der Waals surface area contributed by atoms with Gasteiger partial charge in [0.25, 0.3) is 0 Å². The summed E-state index contributed by atoms with van der Waals surface area (Å²) in [7, 11) is 0. The van der Waals surface area contributed by atoms with Crippen molar-refractivity contribution in [3.63, 3.8) is 0 Å². The van der Waals surface area contributed by atoms with Crippen LogP contribution in [-0.2, 0) is 19.1 Å². The standard InChI is InChI=1S/C22H40N2O6/c1-10-21(8,9)22(16-26,23-17(27)29-19(2,3)4)24(14-12-11-13-15-25)18(28)30-20(5,6)7/h15-16H,10-14H2,1-9H3,(H,23,27)/t22-/m1/s1. The molecule has 0 bridgehead atoms. The molecule has 0 aliphatic rings. The summed E-state index contributed by atoms with van der Waals surface area (Å²) in [6.07, 6.45) is 1.67. The van der Waals surface area contributed by atoms with Crippen molar-refractivity contribution in [3.05, 3.63) is 0 Å². The minimum atomic E-state index is -1.70. The summed E-state index contributed by atoms with van der Waals surface area (Å²) in [6.45, 7) is 15.9. The zero-order valence-corrected chi connectivity index (χ0v) is 20.1. The Hall–Kier alpha value is -2.12. The van der Waals surface area contributed by atoms with E-state index in [0.29, 0.717) is 32.0 Å². The molecule has 8 nitrogen and oxygen atoms in total. The fourth-order valence-corrected chi connectivity index (χ4v) is 2.81. The number of nitrogens with zero attached hydrogens (tertiary/aromatic N) is 1. The monoisotopic (exact) mass is 428 g/mol. The molecule has 0 rings (SSSR count). The first kappa shape index (κ1) is 27.9. The molecule has 0 radical (unpaired) electrons. The highest BCUT2D eigenvalue weighted by molar-refractivity contribution is 5.82. The van der Waals surface area contributed by atoms with Gasteiger partial charge < -0.3 is 14.3 Å². The SMILES string of the molecule is CCC(C)(C)[C@](C=O)(NC(=O)OC(C)(C)C)N(CCCCC=O)C(=O)OC(C)(C)C. The van der Waals surface area contributed by atoms with Gasteiger partial charge in [-0.25, -0.2) is 9.59 Å². The number of carbonyl (C=O) groups excluding carboxylic acids is 4. The molecule has 174 valence electrons. The maximum Gasteiger partial charge on any atom is 0.412 e. The molecule has 0 saturated heterocycles. The fraction of sp³-hybridized carbons (Fsp3) is 0.818. The van der Waals surface area contributed by atoms with E-state index >= 15 is 0 Å². The number of hydrogen-bond donors (Lipinski definition) is 1. The molecule has 0 saturated carbocycles. The molecule has 0 unspecified atom stereocenters. The minimum absolute atomic E-state index is 0.126. The van der Waals surface area contributed by atoms with E-state index in [2.05, 4.69) is 5.32 Å². The third-order valence-corrected chi connectivity index (χ3v) is 4.77. The van der Waals surface area contributed by atoms with Crippen molar-refractivity contribution in [2.75, 3.05) is 6.54 Å². The van der Waals surface area contributed by atoms with Crippen LogP contribution >= 0.6 is 0 Å². The van der Waals surface area contributed by atoms with Gasteiger partial charge in [-0.2, -0.15) is 0 Å². The first-order valence-corrected chi connectivity index (χ1v) is 10.5. The zero-order valence-electron chi connectivity index (χ0n) is 20.1. The van der Waals surface area contributed by atoms with Crippen LogP contribution in [0.2, 0.25) is 0 Å². The van der Waals surface area contributed by atoms with Crippen LogP contribution in [0.4, 0.5) is 9.59 Å². The summed E-state index contributed by atoms with van der Waals surface area (Å²) in [5.74, 6) is 0. The van der Waals surface area contributed by atoms with Gasteiger partial charge >= 0.3 is 12.2 Å². The third kappa shape index (κ3) is 8.32. The summed E-state index contributed by atoms with van der Waals surface area (Å²) in [5.41, 5.74) is -4.12. The number of nitrogens with one attached hydrogen (secondary N) is 1. The van der Waals surface area contributed by atoms with E-state index in [9.17, 15) is 19.2 Å². The molecular formula is C22H40N2O6. The molecule has 30 heavy (non-hydrogen) atoms. The molecule has 0 fully saturated rings. The van der Waals surface area contributed by atoms with Crippen molar-refractivity contribution >= 4 is 24.8 Å². The van der Waals surface area contributed by atoms with Crippen LogP contribution < -0.4 is 5.32 Å². The lowest BCUT2D eigenvalue weighted by atomic mass is 9.75. The Morgan fingerprint density at radius 1 is 0.900 bits per heavy atom. The summed E-state index contributed by atoms with van der Waals surface area (Å²) >= 11 is 0. The van der Waals surface area contributed by atoms with Gasteiger partial charge in [0.1, 0.15) is 17.5 Å². The quantitative estimate of drug-likeness (QED) is 0.313. The van der Waals surface area contributed by atoms with Crippen molar-refractivity contribution in [3.8, 4) is 0 Å². The van der Waals surface area contributed by atoms with E-state index < -0.39 is 34.5 Å². The molecule has 0 heterocycles. The molecule has 0 spiro atoms. The Balaban J connectivity index is 6.27. The van der Waals surface area contributed by atoms with Crippen LogP contribution in [0.5, 0.6) is 0 Å². The van der Waals surface area contributed by atoms with E-state index in [1.807, 2.05) is 6.92 Å². The first-order valence-electron chi connectivity index (χ1n) is 10.5. The molecule has 8 heteroatoms. The Kier molecular flexibility index (Phi) is 10.0. The van der Waals surface area contributed by atoms with Gasteiger partial charge in [0.15, 0.2) is 11.9 Å². The maximum atomic E-state index is 13.1. The second kappa shape index (κ2) is 10.8. The molecule has 2 amide bonds. The second-order valence-electron chi connectivity index (χ2n) is 10.0. The van der Waals surface area contributed by atoms with Crippen molar-refractivity contribution in [2.24, 2.45) is 5.41 Å².